The molecule has 0 aliphatic heterocycles. The Bertz CT molecular complexity index is 858. The van der Waals surface area contributed by atoms with E-state index in [1.807, 2.05) is 13.0 Å². The molecule has 0 fully saturated rings. The Morgan fingerprint density at radius 2 is 1.88 bits per heavy atom. The zero-order chi connectivity index (χ0) is 17.9. The first-order chi connectivity index (χ1) is 11.2. The van der Waals surface area contributed by atoms with Crippen molar-refractivity contribution in [2.75, 3.05) is 7.05 Å². The van der Waals surface area contributed by atoms with Gasteiger partial charge in [0.05, 0.1) is 15.3 Å². The second-order valence-electron chi connectivity index (χ2n) is 5.21. The maximum Gasteiger partial charge on any atom is 0.246 e. The molecule has 1 amide bonds. The number of amides is 1. The fraction of sp³-hybridized carbons (Fsp3) is 0.188. The van der Waals surface area contributed by atoms with Crippen molar-refractivity contribution in [1.82, 2.24) is 4.90 Å². The van der Waals surface area contributed by atoms with Gasteiger partial charge in [0, 0.05) is 18.0 Å². The van der Waals surface area contributed by atoms with Crippen LogP contribution in [0.1, 0.15) is 23.4 Å². The Balaban J connectivity index is 2.09. The van der Waals surface area contributed by atoms with Gasteiger partial charge >= 0.3 is 0 Å². The van der Waals surface area contributed by atoms with Gasteiger partial charge < -0.3 is 4.90 Å². The Morgan fingerprint density at radius 3 is 2.38 bits per heavy atom. The number of likely N-dealkylation sites (N-methyl/N-ethyl adjacent to an activating group) is 1. The lowest BCUT2D eigenvalue weighted by atomic mass is 10.1. The van der Waals surface area contributed by atoms with Gasteiger partial charge in [0.2, 0.25) is 15.9 Å². The monoisotopic (exact) mass is 384 g/mol. The number of benzene rings is 1. The smallest absolute Gasteiger partial charge is 0.246 e. The molecule has 0 radical (unpaired) electrons. The predicted molar refractivity (Wildman–Crippen MR) is 97.4 cm³/mol. The van der Waals surface area contributed by atoms with Crippen molar-refractivity contribution in [1.29, 1.82) is 0 Å². The molecule has 128 valence electrons. The van der Waals surface area contributed by atoms with E-state index in [0.717, 1.165) is 10.4 Å². The average molecular weight is 385 g/mol. The number of hydrogen-bond donors (Lipinski definition) is 1. The van der Waals surface area contributed by atoms with Gasteiger partial charge in [-0.3, -0.25) is 4.79 Å². The van der Waals surface area contributed by atoms with Crippen molar-refractivity contribution in [3.8, 4) is 0 Å². The highest BCUT2D eigenvalue weighted by atomic mass is 35.5. The van der Waals surface area contributed by atoms with E-state index < -0.39 is 10.0 Å². The highest BCUT2D eigenvalue weighted by Crippen LogP contribution is 2.23. The molecule has 0 bridgehead atoms. The number of sulfonamides is 1. The Hall–Kier alpha value is -1.67. The van der Waals surface area contributed by atoms with E-state index in [4.69, 9.17) is 16.7 Å². The molecule has 0 aliphatic rings. The first-order valence-electron chi connectivity index (χ1n) is 7.01. The van der Waals surface area contributed by atoms with Gasteiger partial charge in [-0.2, -0.15) is 0 Å². The number of hydrogen-bond acceptors (Lipinski definition) is 4. The summed E-state index contributed by atoms with van der Waals surface area (Å²) >= 11 is 7.24. The molecule has 0 unspecified atom stereocenters. The number of carbonyl (C=O) groups excluding carboxylic acids is 1. The average Bonchev–Trinajstić information content (AvgIpc) is 2.96. The molecule has 2 rings (SSSR count). The number of carbonyl (C=O) groups is 1. The van der Waals surface area contributed by atoms with Crippen LogP contribution in [0.4, 0.5) is 0 Å². The lowest BCUT2D eigenvalue weighted by molar-refractivity contribution is -0.126. The summed E-state index contributed by atoms with van der Waals surface area (Å²) < 4.78 is 23.2. The van der Waals surface area contributed by atoms with Gasteiger partial charge in [-0.25, -0.2) is 13.6 Å². The molecule has 0 spiro atoms. The Labute approximate surface area is 150 Å². The van der Waals surface area contributed by atoms with Gasteiger partial charge in [0.25, 0.3) is 0 Å². The van der Waals surface area contributed by atoms with Crippen LogP contribution in [0.3, 0.4) is 0 Å². The van der Waals surface area contributed by atoms with Crippen LogP contribution in [0.5, 0.6) is 0 Å². The highest BCUT2D eigenvalue weighted by molar-refractivity contribution is 7.89. The fourth-order valence-corrected chi connectivity index (χ4v) is 3.52. The maximum absolute atomic E-state index is 12.3. The number of nitrogens with two attached hydrogens (primary N) is 1. The zero-order valence-electron chi connectivity index (χ0n) is 13.1. The van der Waals surface area contributed by atoms with E-state index in [1.165, 1.54) is 29.5 Å². The van der Waals surface area contributed by atoms with Crippen LogP contribution >= 0.6 is 22.9 Å². The number of primary sulfonamides is 1. The van der Waals surface area contributed by atoms with Crippen molar-refractivity contribution in [2.24, 2.45) is 5.14 Å². The van der Waals surface area contributed by atoms with Crippen molar-refractivity contribution in [2.45, 2.75) is 17.9 Å². The van der Waals surface area contributed by atoms with E-state index in [-0.39, 0.29) is 16.8 Å². The number of thiophene rings is 1. The molecule has 0 aliphatic carbocycles. The van der Waals surface area contributed by atoms with Crippen LogP contribution in [-0.2, 0) is 14.8 Å². The molecule has 5 nitrogen and oxygen atoms in total. The Kier molecular flexibility index (Phi) is 5.82. The van der Waals surface area contributed by atoms with E-state index in [1.54, 1.807) is 36.2 Å². The molecule has 0 saturated carbocycles. The molecule has 8 heteroatoms. The molecule has 2 aromatic rings. The second kappa shape index (κ2) is 7.48. The topological polar surface area (TPSA) is 80.5 Å². The van der Waals surface area contributed by atoms with Crippen LogP contribution < -0.4 is 5.14 Å². The van der Waals surface area contributed by atoms with Crippen molar-refractivity contribution >= 4 is 44.9 Å². The molecular formula is C16H17ClN2O3S2. The van der Waals surface area contributed by atoms with E-state index in [9.17, 15) is 13.2 Å². The van der Waals surface area contributed by atoms with Crippen molar-refractivity contribution < 1.29 is 13.2 Å². The minimum absolute atomic E-state index is 0.0434. The van der Waals surface area contributed by atoms with Crippen LogP contribution in [-0.4, -0.2) is 26.3 Å². The SMILES string of the molecule is C[C@H](c1ccc(S(N)(=O)=O)cc1)N(C)C(=O)/C=C/c1ccc(Cl)s1. The summed E-state index contributed by atoms with van der Waals surface area (Å²) in [6, 6.07) is 9.56. The van der Waals surface area contributed by atoms with Crippen molar-refractivity contribution in [3.05, 3.63) is 57.3 Å². The predicted octanol–water partition coefficient (Wildman–Crippen LogP) is 3.28. The quantitative estimate of drug-likeness (QED) is 0.803. The largest absolute Gasteiger partial charge is 0.335 e. The second-order valence-corrected chi connectivity index (χ2v) is 8.52. The minimum Gasteiger partial charge on any atom is -0.335 e. The molecular weight excluding hydrogens is 368 g/mol. The first-order valence-corrected chi connectivity index (χ1v) is 9.75. The van der Waals surface area contributed by atoms with E-state index >= 15 is 0 Å². The molecule has 1 aromatic carbocycles. The van der Waals surface area contributed by atoms with Crippen LogP contribution in [0, 0.1) is 0 Å². The zero-order valence-corrected chi connectivity index (χ0v) is 15.5. The van der Waals surface area contributed by atoms with Gasteiger partial charge in [-0.1, -0.05) is 23.7 Å². The summed E-state index contributed by atoms with van der Waals surface area (Å²) in [5, 5.41) is 5.08. The summed E-state index contributed by atoms with van der Waals surface area (Å²) in [4.78, 5) is 14.8. The summed E-state index contributed by atoms with van der Waals surface area (Å²) in [5.74, 6) is -0.164. The van der Waals surface area contributed by atoms with E-state index in [2.05, 4.69) is 0 Å². The third kappa shape index (κ3) is 4.67. The van der Waals surface area contributed by atoms with Gasteiger partial charge in [-0.15, -0.1) is 11.3 Å². The van der Waals surface area contributed by atoms with Gasteiger partial charge in [-0.05, 0) is 42.8 Å². The molecule has 0 saturated heterocycles. The standard InChI is InChI=1S/C16H17ClN2O3S2/c1-11(12-3-7-14(8-4-12)24(18,21)22)19(2)16(20)10-6-13-5-9-15(17)23-13/h3-11H,1-2H3,(H2,18,21,22)/b10-6+/t11-/m1/s1. The number of rotatable bonds is 5. The minimum atomic E-state index is -3.72. The first kappa shape index (κ1) is 18.7. The van der Waals surface area contributed by atoms with Crippen LogP contribution in [0.15, 0.2) is 47.4 Å². The summed E-state index contributed by atoms with van der Waals surface area (Å²) in [6.45, 7) is 1.86. The summed E-state index contributed by atoms with van der Waals surface area (Å²) in [5.41, 5.74) is 0.811. The lowest BCUT2D eigenvalue weighted by Crippen LogP contribution is -2.28. The van der Waals surface area contributed by atoms with Gasteiger partial charge in [0.1, 0.15) is 0 Å². The van der Waals surface area contributed by atoms with Crippen LogP contribution in [0.2, 0.25) is 4.34 Å². The molecule has 1 heterocycles. The number of halogens is 1. The highest BCUT2D eigenvalue weighted by Gasteiger charge is 2.16. The summed E-state index contributed by atoms with van der Waals surface area (Å²) in [6.07, 6.45) is 3.20. The lowest BCUT2D eigenvalue weighted by Gasteiger charge is -2.24. The van der Waals surface area contributed by atoms with Crippen molar-refractivity contribution in [3.63, 3.8) is 0 Å². The summed E-state index contributed by atoms with van der Waals surface area (Å²) in [7, 11) is -2.03. The molecule has 1 aromatic heterocycles. The van der Waals surface area contributed by atoms with E-state index in [0.29, 0.717) is 4.34 Å². The maximum atomic E-state index is 12.3. The molecule has 1 atom stereocenters. The molecule has 2 N–H and O–H groups in total. The number of nitrogens with zero attached hydrogens (tertiary/aromatic N) is 1. The van der Waals surface area contributed by atoms with Gasteiger partial charge in [0.15, 0.2) is 0 Å². The molecule has 24 heavy (non-hydrogen) atoms. The third-order valence-corrected chi connectivity index (χ3v) is 5.73. The fourth-order valence-electron chi connectivity index (χ4n) is 2.04. The Morgan fingerprint density at radius 1 is 1.25 bits per heavy atom. The third-order valence-electron chi connectivity index (χ3n) is 3.60. The van der Waals surface area contributed by atoms with Crippen LogP contribution in [0.25, 0.3) is 6.08 Å². The normalized spacial score (nSPS) is 13.2.